The van der Waals surface area contributed by atoms with Gasteiger partial charge in [0, 0.05) is 119 Å². The molecule has 13 N–H and O–H groups in total. The predicted octanol–water partition coefficient (Wildman–Crippen LogP) is 3.00. The summed E-state index contributed by atoms with van der Waals surface area (Å²) in [4.78, 5) is 130. The van der Waals surface area contributed by atoms with Crippen LogP contribution in [0.2, 0.25) is 0 Å². The summed E-state index contributed by atoms with van der Waals surface area (Å²) in [6.45, 7) is 6.40. The summed E-state index contributed by atoms with van der Waals surface area (Å²) < 4.78 is 49.9. The minimum Gasteiger partial charge on any atom is -0.496 e. The number of ether oxygens (including phenoxy) is 8. The number of para-hydroxylation sites is 1. The number of hydrogen-bond acceptors (Lipinski definition) is 29. The van der Waals surface area contributed by atoms with Gasteiger partial charge >= 0.3 is 24.0 Å². The summed E-state index contributed by atoms with van der Waals surface area (Å²) in [5.74, 6) is -9.38. The van der Waals surface area contributed by atoms with Crippen molar-refractivity contribution in [2.75, 3.05) is 95.4 Å². The lowest BCUT2D eigenvalue weighted by molar-refractivity contribution is -0.473. The summed E-state index contributed by atoms with van der Waals surface area (Å²) in [6, 6.07) is 18.5. The second-order valence-corrected chi connectivity index (χ2v) is 33.0. The Morgan fingerprint density at radius 3 is 2.15 bits per heavy atom. The molecular formula is C81H97N11O26S. The maximum absolute atomic E-state index is 14.1. The van der Waals surface area contributed by atoms with Gasteiger partial charge in [0.05, 0.1) is 54.6 Å². The van der Waals surface area contributed by atoms with E-state index in [-0.39, 0.29) is 111 Å². The van der Waals surface area contributed by atoms with Gasteiger partial charge in [0.1, 0.15) is 60.5 Å². The Labute approximate surface area is 685 Å². The first-order chi connectivity index (χ1) is 56.8. The molecule has 3 aromatic heterocycles. The van der Waals surface area contributed by atoms with Crippen LogP contribution in [0.15, 0.2) is 91.2 Å². The van der Waals surface area contributed by atoms with E-state index in [9.17, 15) is 89.1 Å². The van der Waals surface area contributed by atoms with E-state index < -0.39 is 133 Å². The molecule has 0 spiro atoms. The Morgan fingerprint density at radius 2 is 1.45 bits per heavy atom. The molecule has 4 aliphatic heterocycles. The molecule has 4 bridgehead atoms. The number of imide groups is 1. The maximum atomic E-state index is 14.1. The monoisotopic (exact) mass is 1670 g/mol. The zero-order valence-corrected chi connectivity index (χ0v) is 66.8. The summed E-state index contributed by atoms with van der Waals surface area (Å²) in [6.07, 6.45) is -9.39. The normalized spacial score (nSPS) is 27.5. The molecule has 3 aromatic carbocycles. The number of aliphatic hydroxyl groups is 7. The highest BCUT2D eigenvalue weighted by atomic mass is 32.1. The van der Waals surface area contributed by atoms with Crippen LogP contribution in [0, 0.1) is 23.2 Å². The van der Waals surface area contributed by atoms with Crippen LogP contribution in [0.4, 0.5) is 21.4 Å². The van der Waals surface area contributed by atoms with Gasteiger partial charge in [-0.05, 0) is 134 Å². The summed E-state index contributed by atoms with van der Waals surface area (Å²) >= 11 is 1.37. The fraction of sp³-hybridized carbons (Fsp3) is 0.506. The number of aromatic nitrogens is 4. The molecule has 38 heteroatoms. The first-order valence-electron chi connectivity index (χ1n) is 39.0. The van der Waals surface area contributed by atoms with Crippen LogP contribution >= 0.6 is 11.3 Å². The van der Waals surface area contributed by atoms with Crippen molar-refractivity contribution in [3.63, 3.8) is 0 Å². The number of aromatic carboxylic acids is 1. The number of hydrogen-bond donors (Lipinski definition) is 13. The van der Waals surface area contributed by atoms with E-state index in [1.165, 1.54) is 47.6 Å². The number of rotatable bonds is 34. The molecule has 4 aliphatic carbocycles. The van der Waals surface area contributed by atoms with Crippen molar-refractivity contribution in [1.29, 1.82) is 0 Å². The van der Waals surface area contributed by atoms with E-state index in [2.05, 4.69) is 40.1 Å². The molecule has 0 radical (unpaired) electrons. The number of carbonyl (C=O) groups is 9. The molecule has 12 atom stereocenters. The van der Waals surface area contributed by atoms with Crippen LogP contribution in [-0.4, -0.2) is 276 Å². The molecule has 119 heavy (non-hydrogen) atoms. The van der Waals surface area contributed by atoms with Crippen LogP contribution in [0.5, 0.6) is 11.5 Å². The fourth-order valence-electron chi connectivity index (χ4n) is 18.4. The zero-order chi connectivity index (χ0) is 85.0. The lowest BCUT2D eigenvalue weighted by atomic mass is 9.39. The Balaban J connectivity index is 0.666. The molecule has 638 valence electrons. The Morgan fingerprint density at radius 1 is 0.748 bits per heavy atom. The Kier molecular flexibility index (Phi) is 26.0. The number of benzene rings is 3. The van der Waals surface area contributed by atoms with E-state index in [0.717, 1.165) is 82.3 Å². The van der Waals surface area contributed by atoms with E-state index in [4.69, 9.17) is 48.0 Å². The van der Waals surface area contributed by atoms with Crippen LogP contribution in [0.3, 0.4) is 0 Å². The highest BCUT2D eigenvalue weighted by Crippen LogP contribution is 2.72. The van der Waals surface area contributed by atoms with Crippen molar-refractivity contribution in [1.82, 2.24) is 40.2 Å². The average Bonchev–Trinajstić information content (AvgIpc) is 1.69. The number of amides is 7. The number of aliphatic hydroxyl groups excluding tert-OH is 7. The first-order valence-corrected chi connectivity index (χ1v) is 39.8. The summed E-state index contributed by atoms with van der Waals surface area (Å²) in [7, 11) is 3.08. The molecule has 37 nitrogen and oxygen atoms in total. The average molecular weight is 1670 g/mol. The van der Waals surface area contributed by atoms with Crippen molar-refractivity contribution >= 4 is 97.7 Å². The molecular weight excluding hydrogens is 1580 g/mol. The highest BCUT2D eigenvalue weighted by Gasteiger charge is 2.67. The topological polar surface area (TPSA) is 511 Å². The summed E-state index contributed by atoms with van der Waals surface area (Å²) in [5, 5.41) is 113. The number of pyridine rings is 1. The fourth-order valence-corrected chi connectivity index (χ4v) is 19.3. The van der Waals surface area contributed by atoms with Gasteiger partial charge in [-0.2, -0.15) is 5.10 Å². The Bertz CT molecular complexity index is 4850. The second kappa shape index (κ2) is 35.8. The van der Waals surface area contributed by atoms with Crippen LogP contribution in [0.25, 0.3) is 27.4 Å². The van der Waals surface area contributed by atoms with Gasteiger partial charge in [0.2, 0.25) is 17.7 Å². The van der Waals surface area contributed by atoms with E-state index in [0.29, 0.717) is 59.3 Å². The smallest absolute Gasteiger partial charge is 0.410 e. The largest absolute Gasteiger partial charge is 0.496 e. The number of fused-ring (bicyclic) bond motifs is 2. The van der Waals surface area contributed by atoms with Gasteiger partial charge < -0.3 is 100 Å². The predicted molar refractivity (Wildman–Crippen MR) is 421 cm³/mol. The standard InChI is InChI=1S/C81H97N11O26S/c1-44-49(47-14-17-57(87-63(47)72(106)107)90-26-22-46-50(35-90)48(13-16-53(46)112-5)71(105)88-75-86-51-10-6-7-11-56(51)119-75)34-84-92(44)43-79-38-77(2)37-78(3,39-79)41-80(40-77,42-79)114-32-29-89(28-31-111-4)76(110)113-30-8-9-45-12-15-54(52(33-45)85-60(96)21-25-82-58(94)20-24-83-59(95)23-27-91-61(97)18-19-62(91)98)116-81(70(104)67(102)66(101)69(117-81)73(108)109)118-74-68(103)65(100)64(99)55(36-93)115-74/h6-19,33-34,55,64-70,74,93,99-104H,20-32,35-43H2,1-5H3,(H,82,94)(H,83,95)(H,85,96)(H,106,107)(H,108,109)(H,86,88,105)/b9-8+/t55-,64-,65+,66+,67+,68-,69+,70-,74+,77?,78?,79?,80?,81?/m1/s1. The van der Waals surface area contributed by atoms with Gasteiger partial charge in [-0.1, -0.05) is 49.5 Å². The zero-order valence-electron chi connectivity index (χ0n) is 66.0. The van der Waals surface area contributed by atoms with Crippen molar-refractivity contribution in [2.24, 2.45) is 16.2 Å². The number of nitrogens with one attached hydrogen (secondary N) is 4. The SMILES string of the molecule is COCCN(CCOC12CC3(C)CC(C)(CC(Cn4ncc(-c5ccc(N6CCc7c(OC)ccc(C(=O)Nc8nc9ccccc9s8)c7C6)nc5C(=O)O)c4C)(C3)C1)C2)C(=O)OC/C=C/c1ccc(OC2(O[C@@H]3O[C@H](CO)[C@@H](O)[C@H](O)[C@H]3O)O[C@H](C(=O)O)[C@@H](O)[C@H](O)[C@H]2O)c(NC(=O)CCNC(=O)CCNC(=O)CCN2C(=O)C=CC2=O)c1. The van der Waals surface area contributed by atoms with Gasteiger partial charge in [0.25, 0.3) is 17.7 Å². The van der Waals surface area contributed by atoms with Crippen molar-refractivity contribution in [3.05, 3.63) is 125 Å². The maximum Gasteiger partial charge on any atom is 0.410 e. The number of aliphatic carboxylic acids is 1. The number of carboxylic acids is 2. The lowest BCUT2D eigenvalue weighted by Crippen LogP contribution is -2.71. The van der Waals surface area contributed by atoms with Gasteiger partial charge in [-0.3, -0.25) is 53.1 Å². The molecule has 3 unspecified atom stereocenters. The quantitative estimate of drug-likeness (QED) is 0.0204. The number of thiazole rings is 1. The number of methoxy groups -OCH3 is 2. The highest BCUT2D eigenvalue weighted by molar-refractivity contribution is 7.22. The number of anilines is 3. The van der Waals surface area contributed by atoms with E-state index >= 15 is 0 Å². The van der Waals surface area contributed by atoms with E-state index in [1.807, 2.05) is 40.8 Å². The van der Waals surface area contributed by atoms with Crippen LogP contribution < -0.4 is 35.6 Å². The van der Waals surface area contributed by atoms with Crippen molar-refractivity contribution in [2.45, 2.75) is 165 Å². The van der Waals surface area contributed by atoms with Crippen molar-refractivity contribution < 1.29 is 127 Å². The molecule has 14 rings (SSSR count). The van der Waals surface area contributed by atoms with Gasteiger partial charge in [-0.15, -0.1) is 0 Å². The minimum absolute atomic E-state index is 0.112. The minimum atomic E-state index is -3.35. The molecule has 6 aromatic rings. The third-order valence-electron chi connectivity index (χ3n) is 22.8. The third kappa shape index (κ3) is 18.9. The number of nitrogens with zero attached hydrogens (tertiary/aromatic N) is 7. The second-order valence-electron chi connectivity index (χ2n) is 32.0. The molecule has 7 heterocycles. The summed E-state index contributed by atoms with van der Waals surface area (Å²) in [5.41, 5.74) is 3.32. The van der Waals surface area contributed by atoms with E-state index in [1.54, 1.807) is 37.6 Å². The lowest BCUT2D eigenvalue weighted by Gasteiger charge is -2.69. The molecule has 6 fully saturated rings. The van der Waals surface area contributed by atoms with Crippen LogP contribution in [-0.2, 0) is 76.7 Å². The Hall–Kier alpha value is -10.5. The van der Waals surface area contributed by atoms with Crippen LogP contribution in [0.1, 0.15) is 115 Å². The van der Waals surface area contributed by atoms with Gasteiger partial charge in [-0.25, -0.2) is 24.4 Å². The number of carbonyl (C=O) groups excluding carboxylic acids is 7. The van der Waals surface area contributed by atoms with Gasteiger partial charge in [0.15, 0.2) is 29.3 Å². The molecule has 4 saturated carbocycles. The number of carboxylic acid groups (broad SMARTS) is 2. The molecule has 2 saturated heterocycles. The van der Waals surface area contributed by atoms with Crippen molar-refractivity contribution in [3.8, 4) is 22.6 Å². The third-order valence-corrected chi connectivity index (χ3v) is 23.8. The molecule has 7 amide bonds. The first kappa shape index (κ1) is 86.4. The molecule has 8 aliphatic rings.